The van der Waals surface area contributed by atoms with Crippen molar-refractivity contribution in [2.45, 2.75) is 6.18 Å². The molecule has 0 fully saturated rings. The number of imidazole rings is 1. The topological polar surface area (TPSA) is 37.8 Å². The van der Waals surface area contributed by atoms with Crippen LogP contribution in [0.2, 0.25) is 0 Å². The summed E-state index contributed by atoms with van der Waals surface area (Å²) in [4.78, 5) is 13.8. The lowest BCUT2D eigenvalue weighted by atomic mass is 10.2. The Kier molecular flexibility index (Phi) is 2.86. The van der Waals surface area contributed by atoms with Crippen LogP contribution in [0.1, 0.15) is 5.56 Å². The average molecular weight is 307 g/mol. The lowest BCUT2D eigenvalue weighted by molar-refractivity contribution is -0.137. The number of hydrogen-bond donors (Lipinski definition) is 1. The van der Waals surface area contributed by atoms with Crippen LogP contribution in [0.5, 0.6) is 0 Å². The minimum absolute atomic E-state index is 0.366. The predicted octanol–water partition coefficient (Wildman–Crippen LogP) is 2.95. The summed E-state index contributed by atoms with van der Waals surface area (Å²) in [5.74, 6) is 0. The number of halogens is 4. The first kappa shape index (κ1) is 12.0. The summed E-state index contributed by atoms with van der Waals surface area (Å²) >= 11 is 3.07. The summed E-state index contributed by atoms with van der Waals surface area (Å²) in [6, 6.07) is 4.35. The molecule has 0 spiro atoms. The number of alkyl halides is 3. The van der Waals surface area contributed by atoms with Gasteiger partial charge in [0.25, 0.3) is 0 Å². The van der Waals surface area contributed by atoms with Gasteiger partial charge in [0.2, 0.25) is 0 Å². The molecule has 0 atom stereocenters. The fourth-order valence-electron chi connectivity index (χ4n) is 1.37. The fraction of sp³-hybridized carbons (Fsp3) is 0.100. The third kappa shape index (κ3) is 2.44. The minimum Gasteiger partial charge on any atom is -0.300 e. The number of H-pyrrole nitrogens is 1. The van der Waals surface area contributed by atoms with Gasteiger partial charge in [0.15, 0.2) is 0 Å². The Labute approximate surface area is 102 Å². The second kappa shape index (κ2) is 4.06. The molecule has 0 radical (unpaired) electrons. The van der Waals surface area contributed by atoms with Gasteiger partial charge < -0.3 is 0 Å². The molecule has 1 heterocycles. The van der Waals surface area contributed by atoms with Gasteiger partial charge in [-0.05, 0) is 40.2 Å². The van der Waals surface area contributed by atoms with E-state index in [1.54, 1.807) is 0 Å². The molecule has 0 aliphatic rings. The van der Waals surface area contributed by atoms with Crippen LogP contribution >= 0.6 is 15.9 Å². The summed E-state index contributed by atoms with van der Waals surface area (Å²) in [5.41, 5.74) is -0.800. The first-order valence-electron chi connectivity index (χ1n) is 4.53. The highest BCUT2D eigenvalue weighted by Gasteiger charge is 2.30. The van der Waals surface area contributed by atoms with Crippen LogP contribution in [0.4, 0.5) is 13.2 Å². The van der Waals surface area contributed by atoms with Crippen molar-refractivity contribution in [2.24, 2.45) is 0 Å². The molecule has 1 aromatic carbocycles. The molecule has 0 amide bonds. The third-order valence-electron chi connectivity index (χ3n) is 2.16. The number of nitrogens with one attached hydrogen (secondary N) is 1. The van der Waals surface area contributed by atoms with Crippen molar-refractivity contribution in [3.63, 3.8) is 0 Å². The second-order valence-electron chi connectivity index (χ2n) is 3.32. The summed E-state index contributed by atoms with van der Waals surface area (Å²) in [6.45, 7) is 0. The van der Waals surface area contributed by atoms with Crippen molar-refractivity contribution < 1.29 is 13.2 Å². The molecule has 2 aromatic rings. The molecule has 0 saturated heterocycles. The molecule has 0 aliphatic carbocycles. The van der Waals surface area contributed by atoms with E-state index in [0.717, 1.165) is 12.1 Å². The zero-order chi connectivity index (χ0) is 12.6. The highest BCUT2D eigenvalue weighted by Crippen LogP contribution is 2.29. The lowest BCUT2D eigenvalue weighted by Crippen LogP contribution is -2.14. The first-order chi connectivity index (χ1) is 7.88. The van der Waals surface area contributed by atoms with E-state index in [4.69, 9.17) is 0 Å². The molecule has 1 aromatic heterocycles. The first-order valence-corrected chi connectivity index (χ1v) is 5.32. The van der Waals surface area contributed by atoms with Gasteiger partial charge >= 0.3 is 11.9 Å². The fourth-order valence-corrected chi connectivity index (χ4v) is 1.74. The Hall–Kier alpha value is -1.50. The Morgan fingerprint density at radius 3 is 2.18 bits per heavy atom. The molecule has 1 N–H and O–H groups in total. The van der Waals surface area contributed by atoms with E-state index in [0.29, 0.717) is 10.3 Å². The molecule has 0 unspecified atom stereocenters. The maximum Gasteiger partial charge on any atom is 0.416 e. The van der Waals surface area contributed by atoms with Crippen molar-refractivity contribution in [1.82, 2.24) is 9.55 Å². The van der Waals surface area contributed by atoms with Crippen molar-refractivity contribution in [2.75, 3.05) is 0 Å². The van der Waals surface area contributed by atoms with Crippen LogP contribution in [0.3, 0.4) is 0 Å². The number of hydrogen-bond acceptors (Lipinski definition) is 1. The maximum absolute atomic E-state index is 12.3. The molecule has 0 saturated carbocycles. The summed E-state index contributed by atoms with van der Waals surface area (Å²) in [7, 11) is 0. The van der Waals surface area contributed by atoms with E-state index < -0.39 is 17.4 Å². The second-order valence-corrected chi connectivity index (χ2v) is 4.18. The smallest absolute Gasteiger partial charge is 0.300 e. The highest BCUT2D eigenvalue weighted by molar-refractivity contribution is 9.10. The van der Waals surface area contributed by atoms with Crippen LogP contribution in [0, 0.1) is 0 Å². The molecular weight excluding hydrogens is 301 g/mol. The molecule has 2 rings (SSSR count). The molecule has 0 bridgehead atoms. The molecule has 0 aliphatic heterocycles. The van der Waals surface area contributed by atoms with Gasteiger partial charge in [-0.3, -0.25) is 9.55 Å². The molecule has 7 heteroatoms. The van der Waals surface area contributed by atoms with Crippen molar-refractivity contribution >= 4 is 15.9 Å². The molecule has 3 nitrogen and oxygen atoms in total. The zero-order valence-electron chi connectivity index (χ0n) is 8.25. The largest absolute Gasteiger partial charge is 0.416 e. The Morgan fingerprint density at radius 2 is 1.76 bits per heavy atom. The van der Waals surface area contributed by atoms with Gasteiger partial charge in [-0.15, -0.1) is 0 Å². The van der Waals surface area contributed by atoms with Crippen LogP contribution < -0.4 is 5.69 Å². The van der Waals surface area contributed by atoms with Crippen molar-refractivity contribution in [3.8, 4) is 5.69 Å². The van der Waals surface area contributed by atoms with Gasteiger partial charge in [0.05, 0.1) is 11.3 Å². The number of aromatic nitrogens is 2. The third-order valence-corrected chi connectivity index (χ3v) is 2.56. The quantitative estimate of drug-likeness (QED) is 0.864. The average Bonchev–Trinajstić information content (AvgIpc) is 2.57. The van der Waals surface area contributed by atoms with E-state index in [-0.39, 0.29) is 0 Å². The number of benzene rings is 1. The van der Waals surface area contributed by atoms with E-state index in [1.165, 1.54) is 22.9 Å². The highest BCUT2D eigenvalue weighted by atomic mass is 79.9. The molecular formula is C10H6BrF3N2O. The van der Waals surface area contributed by atoms with Gasteiger partial charge in [0.1, 0.15) is 4.60 Å². The summed E-state index contributed by atoms with van der Waals surface area (Å²) in [6.07, 6.45) is -2.92. The SMILES string of the molecule is O=c1[nH]c(Br)cn1-c1ccc(C(F)(F)F)cc1. The minimum atomic E-state index is -4.37. The van der Waals surface area contributed by atoms with Gasteiger partial charge in [0, 0.05) is 6.20 Å². The Balaban J connectivity index is 2.43. The Bertz CT molecular complexity index is 583. The summed E-state index contributed by atoms with van der Waals surface area (Å²) in [5, 5.41) is 0. The number of aromatic amines is 1. The van der Waals surface area contributed by atoms with Gasteiger partial charge in [-0.2, -0.15) is 13.2 Å². The van der Waals surface area contributed by atoms with Gasteiger partial charge in [-0.1, -0.05) is 0 Å². The van der Waals surface area contributed by atoms with E-state index in [1.807, 2.05) is 0 Å². The van der Waals surface area contributed by atoms with E-state index in [9.17, 15) is 18.0 Å². The maximum atomic E-state index is 12.3. The van der Waals surface area contributed by atoms with E-state index in [2.05, 4.69) is 20.9 Å². The van der Waals surface area contributed by atoms with Crippen molar-refractivity contribution in [3.05, 3.63) is 51.1 Å². The van der Waals surface area contributed by atoms with Crippen LogP contribution in [-0.2, 0) is 6.18 Å². The normalized spacial score (nSPS) is 11.8. The Morgan fingerprint density at radius 1 is 1.18 bits per heavy atom. The predicted molar refractivity (Wildman–Crippen MR) is 59.1 cm³/mol. The van der Waals surface area contributed by atoms with Crippen molar-refractivity contribution in [1.29, 1.82) is 0 Å². The summed E-state index contributed by atoms with van der Waals surface area (Å²) < 4.78 is 38.6. The van der Waals surface area contributed by atoms with Crippen LogP contribution in [0.25, 0.3) is 5.69 Å². The number of rotatable bonds is 1. The van der Waals surface area contributed by atoms with Gasteiger partial charge in [-0.25, -0.2) is 4.79 Å². The monoisotopic (exact) mass is 306 g/mol. The standard InChI is InChI=1S/C10H6BrF3N2O/c11-8-5-16(9(17)15-8)7-3-1-6(2-4-7)10(12,13)14/h1-5H,(H,15,17). The van der Waals surface area contributed by atoms with E-state index >= 15 is 0 Å². The van der Waals surface area contributed by atoms with Crippen LogP contribution in [-0.4, -0.2) is 9.55 Å². The number of nitrogens with zero attached hydrogens (tertiary/aromatic N) is 1. The molecule has 90 valence electrons. The zero-order valence-corrected chi connectivity index (χ0v) is 9.84. The van der Waals surface area contributed by atoms with Crippen LogP contribution in [0.15, 0.2) is 39.9 Å². The molecule has 17 heavy (non-hydrogen) atoms. The lowest BCUT2D eigenvalue weighted by Gasteiger charge is -2.07.